The van der Waals surface area contributed by atoms with Crippen molar-refractivity contribution < 1.29 is 4.79 Å². The van der Waals surface area contributed by atoms with Gasteiger partial charge in [0.1, 0.15) is 5.69 Å². The maximum Gasteiger partial charge on any atom is 0.270 e. The van der Waals surface area contributed by atoms with Crippen LogP contribution in [0, 0.1) is 6.92 Å². The van der Waals surface area contributed by atoms with Crippen molar-refractivity contribution in [3.8, 4) is 0 Å². The minimum absolute atomic E-state index is 0.184. The van der Waals surface area contributed by atoms with Gasteiger partial charge in [-0.1, -0.05) is 50.1 Å². The summed E-state index contributed by atoms with van der Waals surface area (Å²) in [5.41, 5.74) is 2.24. The quantitative estimate of drug-likeness (QED) is 0.734. The lowest BCUT2D eigenvalue weighted by Crippen LogP contribution is -2.24. The van der Waals surface area contributed by atoms with Crippen molar-refractivity contribution in [3.63, 3.8) is 0 Å². The van der Waals surface area contributed by atoms with Crippen molar-refractivity contribution >= 4 is 11.9 Å². The second-order valence-corrected chi connectivity index (χ2v) is 5.52. The van der Waals surface area contributed by atoms with Crippen LogP contribution in [0.1, 0.15) is 47.9 Å². The Hall–Kier alpha value is -2.43. The molecule has 122 valence electrons. The average molecular weight is 312 g/mol. The van der Waals surface area contributed by atoms with Crippen LogP contribution in [0.25, 0.3) is 0 Å². The Morgan fingerprint density at radius 1 is 1.13 bits per heavy atom. The first-order chi connectivity index (χ1) is 11.2. The molecule has 2 rings (SSSR count). The molecule has 0 spiro atoms. The molecule has 5 nitrogen and oxygen atoms in total. The van der Waals surface area contributed by atoms with Gasteiger partial charge in [0.15, 0.2) is 0 Å². The van der Waals surface area contributed by atoms with E-state index in [0.717, 1.165) is 24.2 Å². The number of carbonyl (C=O) groups excluding carboxylic acids is 1. The molecular formula is C18H24N4O. The minimum atomic E-state index is -0.184. The highest BCUT2D eigenvalue weighted by Gasteiger charge is 2.10. The summed E-state index contributed by atoms with van der Waals surface area (Å²) in [6, 6.07) is 11.5. The number of unbranched alkanes of at least 4 members (excludes halogenated alkanes) is 2. The number of amides is 1. The Morgan fingerprint density at radius 3 is 2.65 bits per heavy atom. The molecule has 0 bridgehead atoms. The molecule has 0 saturated carbocycles. The molecule has 5 heteroatoms. The fourth-order valence-corrected chi connectivity index (χ4v) is 2.21. The van der Waals surface area contributed by atoms with E-state index in [0.29, 0.717) is 18.2 Å². The van der Waals surface area contributed by atoms with E-state index in [4.69, 9.17) is 0 Å². The first-order valence-corrected chi connectivity index (χ1v) is 8.10. The first kappa shape index (κ1) is 16.9. The minimum Gasteiger partial charge on any atom is -0.354 e. The molecule has 2 N–H and O–H groups in total. The van der Waals surface area contributed by atoms with Crippen molar-refractivity contribution in [2.24, 2.45) is 0 Å². The summed E-state index contributed by atoms with van der Waals surface area (Å²) in [7, 11) is 0. The van der Waals surface area contributed by atoms with Crippen LogP contribution < -0.4 is 10.6 Å². The highest BCUT2D eigenvalue weighted by molar-refractivity contribution is 5.92. The topological polar surface area (TPSA) is 66.9 Å². The summed E-state index contributed by atoms with van der Waals surface area (Å²) in [4.78, 5) is 20.9. The Morgan fingerprint density at radius 2 is 1.91 bits per heavy atom. The van der Waals surface area contributed by atoms with E-state index in [1.165, 1.54) is 12.8 Å². The van der Waals surface area contributed by atoms with Crippen LogP contribution in [0.5, 0.6) is 0 Å². The van der Waals surface area contributed by atoms with Crippen molar-refractivity contribution in [1.29, 1.82) is 0 Å². The van der Waals surface area contributed by atoms with Gasteiger partial charge in [0.2, 0.25) is 5.95 Å². The summed E-state index contributed by atoms with van der Waals surface area (Å²) in [5.74, 6) is 0.335. The van der Waals surface area contributed by atoms with Crippen LogP contribution in [0.3, 0.4) is 0 Å². The largest absolute Gasteiger partial charge is 0.354 e. The molecule has 1 aromatic carbocycles. The Kier molecular flexibility index (Phi) is 6.54. The molecule has 0 fully saturated rings. The fourth-order valence-electron chi connectivity index (χ4n) is 2.21. The van der Waals surface area contributed by atoms with Gasteiger partial charge in [0.05, 0.1) is 0 Å². The molecule has 0 radical (unpaired) electrons. The van der Waals surface area contributed by atoms with Crippen LogP contribution in [0.4, 0.5) is 5.95 Å². The Balaban J connectivity index is 1.95. The van der Waals surface area contributed by atoms with Crippen LogP contribution >= 0.6 is 0 Å². The molecule has 0 saturated heterocycles. The van der Waals surface area contributed by atoms with Gasteiger partial charge in [-0.3, -0.25) is 4.79 Å². The first-order valence-electron chi connectivity index (χ1n) is 8.10. The fraction of sp³-hybridized carbons (Fsp3) is 0.389. The number of aryl methyl sites for hydroxylation is 1. The van der Waals surface area contributed by atoms with E-state index in [-0.39, 0.29) is 5.91 Å². The van der Waals surface area contributed by atoms with Gasteiger partial charge >= 0.3 is 0 Å². The van der Waals surface area contributed by atoms with Gasteiger partial charge < -0.3 is 10.6 Å². The third-order valence-corrected chi connectivity index (χ3v) is 3.45. The molecule has 1 aromatic heterocycles. The summed E-state index contributed by atoms with van der Waals surface area (Å²) in [6.07, 6.45) is 3.41. The van der Waals surface area contributed by atoms with E-state index in [9.17, 15) is 4.79 Å². The predicted molar refractivity (Wildman–Crippen MR) is 92.4 cm³/mol. The molecule has 0 aliphatic heterocycles. The zero-order valence-electron chi connectivity index (χ0n) is 13.8. The molecule has 23 heavy (non-hydrogen) atoms. The van der Waals surface area contributed by atoms with E-state index < -0.39 is 0 Å². The number of anilines is 1. The summed E-state index contributed by atoms with van der Waals surface area (Å²) in [5, 5.41) is 6.08. The second kappa shape index (κ2) is 8.88. The SMILES string of the molecule is CCCCCNc1nc(C)cc(C(=O)NCc2ccccc2)n1. The van der Waals surface area contributed by atoms with Crippen molar-refractivity contribution in [1.82, 2.24) is 15.3 Å². The van der Waals surface area contributed by atoms with Gasteiger partial charge in [-0.2, -0.15) is 0 Å². The maximum absolute atomic E-state index is 12.3. The molecule has 0 aliphatic rings. The highest BCUT2D eigenvalue weighted by Crippen LogP contribution is 2.06. The van der Waals surface area contributed by atoms with Crippen molar-refractivity contribution in [2.75, 3.05) is 11.9 Å². The third kappa shape index (κ3) is 5.70. The monoisotopic (exact) mass is 312 g/mol. The number of aromatic nitrogens is 2. The molecular weight excluding hydrogens is 288 g/mol. The number of hydrogen-bond acceptors (Lipinski definition) is 4. The zero-order chi connectivity index (χ0) is 16.5. The molecule has 1 amide bonds. The van der Waals surface area contributed by atoms with Gasteiger partial charge in [-0.05, 0) is 25.0 Å². The predicted octanol–water partition coefficient (Wildman–Crippen LogP) is 3.32. The van der Waals surface area contributed by atoms with E-state index >= 15 is 0 Å². The van der Waals surface area contributed by atoms with E-state index in [1.807, 2.05) is 37.3 Å². The molecule has 0 atom stereocenters. The van der Waals surface area contributed by atoms with Crippen molar-refractivity contribution in [2.45, 2.75) is 39.7 Å². The summed E-state index contributed by atoms with van der Waals surface area (Å²) in [6.45, 7) is 5.34. The lowest BCUT2D eigenvalue weighted by molar-refractivity contribution is 0.0945. The normalized spacial score (nSPS) is 10.3. The van der Waals surface area contributed by atoms with Gasteiger partial charge in [0.25, 0.3) is 5.91 Å². The Bertz CT molecular complexity index is 628. The van der Waals surface area contributed by atoms with Gasteiger partial charge in [-0.25, -0.2) is 9.97 Å². The lowest BCUT2D eigenvalue weighted by atomic mass is 10.2. The summed E-state index contributed by atoms with van der Waals surface area (Å²) < 4.78 is 0. The van der Waals surface area contributed by atoms with Gasteiger partial charge in [-0.15, -0.1) is 0 Å². The smallest absolute Gasteiger partial charge is 0.270 e. The number of hydrogen-bond donors (Lipinski definition) is 2. The number of benzene rings is 1. The second-order valence-electron chi connectivity index (χ2n) is 5.52. The maximum atomic E-state index is 12.3. The average Bonchev–Trinajstić information content (AvgIpc) is 2.57. The molecule has 0 aliphatic carbocycles. The third-order valence-electron chi connectivity index (χ3n) is 3.45. The van der Waals surface area contributed by atoms with E-state index in [2.05, 4.69) is 27.5 Å². The van der Waals surface area contributed by atoms with Crippen LogP contribution in [-0.2, 0) is 6.54 Å². The van der Waals surface area contributed by atoms with Crippen LogP contribution in [0.2, 0.25) is 0 Å². The lowest BCUT2D eigenvalue weighted by Gasteiger charge is -2.09. The van der Waals surface area contributed by atoms with Crippen molar-refractivity contribution in [3.05, 3.63) is 53.3 Å². The Labute approximate surface area is 137 Å². The molecule has 2 aromatic rings. The number of nitrogens with one attached hydrogen (secondary N) is 2. The van der Waals surface area contributed by atoms with Crippen LogP contribution in [-0.4, -0.2) is 22.4 Å². The number of carbonyl (C=O) groups is 1. The molecule has 1 heterocycles. The van der Waals surface area contributed by atoms with E-state index in [1.54, 1.807) is 6.07 Å². The number of rotatable bonds is 8. The van der Waals surface area contributed by atoms with Crippen LogP contribution in [0.15, 0.2) is 36.4 Å². The number of nitrogens with zero attached hydrogens (tertiary/aromatic N) is 2. The standard InChI is InChI=1S/C18H24N4O/c1-3-4-8-11-19-18-21-14(2)12-16(22-18)17(23)20-13-15-9-6-5-7-10-15/h5-7,9-10,12H,3-4,8,11,13H2,1-2H3,(H,20,23)(H,19,21,22). The summed E-state index contributed by atoms with van der Waals surface area (Å²) >= 11 is 0. The molecule has 0 unspecified atom stereocenters. The highest BCUT2D eigenvalue weighted by atomic mass is 16.1. The zero-order valence-corrected chi connectivity index (χ0v) is 13.8. The van der Waals surface area contributed by atoms with Gasteiger partial charge in [0, 0.05) is 18.8 Å².